The highest BCUT2D eigenvalue weighted by atomic mass is 16.3. The second-order valence-electron chi connectivity index (χ2n) is 6.38. The van der Waals surface area contributed by atoms with Gasteiger partial charge in [0.15, 0.2) is 0 Å². The van der Waals surface area contributed by atoms with Crippen molar-refractivity contribution in [2.24, 2.45) is 0 Å². The molecule has 1 aromatic heterocycles. The van der Waals surface area contributed by atoms with Gasteiger partial charge in [-0.05, 0) is 30.5 Å². The number of rotatable bonds is 4. The fourth-order valence-corrected chi connectivity index (χ4v) is 3.06. The molecule has 1 heterocycles. The van der Waals surface area contributed by atoms with Gasteiger partial charge in [-0.25, -0.2) is 9.97 Å². The van der Waals surface area contributed by atoms with E-state index in [0.717, 1.165) is 43.2 Å². The number of aliphatic hydroxyl groups is 1. The molecule has 0 atom stereocenters. The van der Waals surface area contributed by atoms with E-state index in [1.165, 1.54) is 0 Å². The van der Waals surface area contributed by atoms with Crippen molar-refractivity contribution in [3.63, 3.8) is 0 Å². The van der Waals surface area contributed by atoms with Crippen LogP contribution in [0.3, 0.4) is 0 Å². The Kier molecular flexibility index (Phi) is 4.76. The van der Waals surface area contributed by atoms with E-state index < -0.39 is 5.60 Å². The average Bonchev–Trinajstić information content (AvgIpc) is 2.61. The molecule has 1 aliphatic carbocycles. The molecule has 1 amide bonds. The van der Waals surface area contributed by atoms with Crippen LogP contribution >= 0.6 is 0 Å². The van der Waals surface area contributed by atoms with Crippen LogP contribution in [0.15, 0.2) is 36.7 Å². The van der Waals surface area contributed by atoms with Gasteiger partial charge in [0.2, 0.25) is 5.95 Å². The Morgan fingerprint density at radius 3 is 2.58 bits per heavy atom. The quantitative estimate of drug-likeness (QED) is 0.799. The highest BCUT2D eigenvalue weighted by Crippen LogP contribution is 2.27. The van der Waals surface area contributed by atoms with Crippen molar-refractivity contribution < 1.29 is 9.90 Å². The highest BCUT2D eigenvalue weighted by Gasteiger charge is 2.29. The molecular weight excluding hydrogens is 304 g/mol. The van der Waals surface area contributed by atoms with Crippen molar-refractivity contribution >= 4 is 11.9 Å². The zero-order valence-corrected chi connectivity index (χ0v) is 13.5. The fourth-order valence-electron chi connectivity index (χ4n) is 3.06. The first-order chi connectivity index (χ1) is 11.6. The van der Waals surface area contributed by atoms with E-state index >= 15 is 0 Å². The van der Waals surface area contributed by atoms with Crippen LogP contribution in [0, 0.1) is 0 Å². The molecule has 6 nitrogen and oxygen atoms in total. The molecule has 1 fully saturated rings. The molecule has 3 rings (SSSR count). The van der Waals surface area contributed by atoms with Gasteiger partial charge in [0.05, 0.1) is 5.60 Å². The number of benzene rings is 1. The summed E-state index contributed by atoms with van der Waals surface area (Å²) in [7, 11) is 0. The molecule has 0 spiro atoms. The summed E-state index contributed by atoms with van der Waals surface area (Å²) in [6.07, 6.45) is 7.93. The van der Waals surface area contributed by atoms with Gasteiger partial charge in [-0.2, -0.15) is 0 Å². The number of anilines is 1. The number of nitrogens with two attached hydrogens (primary N) is 1. The fraction of sp³-hybridized carbons (Fsp3) is 0.389. The third kappa shape index (κ3) is 3.89. The molecule has 1 saturated carbocycles. The zero-order chi connectivity index (χ0) is 17.0. The maximum Gasteiger partial charge on any atom is 0.251 e. The largest absolute Gasteiger partial charge is 0.388 e. The summed E-state index contributed by atoms with van der Waals surface area (Å²) in [6, 6.07) is 7.24. The lowest BCUT2D eigenvalue weighted by molar-refractivity contribution is 0.00526. The van der Waals surface area contributed by atoms with Crippen molar-refractivity contribution in [3.05, 3.63) is 42.2 Å². The van der Waals surface area contributed by atoms with E-state index in [-0.39, 0.29) is 11.9 Å². The maximum absolute atomic E-state index is 12.4. The maximum atomic E-state index is 12.4. The lowest BCUT2D eigenvalue weighted by Crippen LogP contribution is -2.44. The van der Waals surface area contributed by atoms with Crippen LogP contribution in [0.4, 0.5) is 5.95 Å². The Balaban J connectivity index is 1.69. The predicted octanol–water partition coefficient (Wildman–Crippen LogP) is 2.15. The van der Waals surface area contributed by atoms with Gasteiger partial charge < -0.3 is 16.2 Å². The van der Waals surface area contributed by atoms with E-state index in [0.29, 0.717) is 12.1 Å². The van der Waals surface area contributed by atoms with Crippen LogP contribution < -0.4 is 11.1 Å². The molecule has 2 aromatic rings. The Morgan fingerprint density at radius 1 is 1.17 bits per heavy atom. The number of aromatic nitrogens is 2. The summed E-state index contributed by atoms with van der Waals surface area (Å²) in [5.74, 6) is 0.0283. The number of nitrogens with zero attached hydrogens (tertiary/aromatic N) is 2. The minimum absolute atomic E-state index is 0.188. The van der Waals surface area contributed by atoms with E-state index in [1.54, 1.807) is 24.5 Å². The Morgan fingerprint density at radius 2 is 1.88 bits per heavy atom. The lowest BCUT2D eigenvalue weighted by Gasteiger charge is -2.32. The molecular formula is C18H22N4O2. The molecule has 0 saturated heterocycles. The van der Waals surface area contributed by atoms with Crippen molar-refractivity contribution in [2.45, 2.75) is 37.7 Å². The number of nitrogen functional groups attached to an aromatic ring is 1. The van der Waals surface area contributed by atoms with Crippen LogP contribution in [0.5, 0.6) is 0 Å². The highest BCUT2D eigenvalue weighted by molar-refractivity contribution is 5.95. The monoisotopic (exact) mass is 326 g/mol. The molecule has 126 valence electrons. The number of nitrogens with one attached hydrogen (secondary N) is 1. The topological polar surface area (TPSA) is 101 Å². The van der Waals surface area contributed by atoms with Gasteiger partial charge >= 0.3 is 0 Å². The summed E-state index contributed by atoms with van der Waals surface area (Å²) in [5.41, 5.74) is 6.92. The summed E-state index contributed by atoms with van der Waals surface area (Å²) in [4.78, 5) is 20.3. The smallest absolute Gasteiger partial charge is 0.251 e. The predicted molar refractivity (Wildman–Crippen MR) is 92.2 cm³/mol. The van der Waals surface area contributed by atoms with Gasteiger partial charge in [0.25, 0.3) is 5.91 Å². The molecule has 24 heavy (non-hydrogen) atoms. The molecule has 1 aliphatic rings. The molecule has 1 aromatic carbocycles. The van der Waals surface area contributed by atoms with Gasteiger partial charge in [-0.3, -0.25) is 4.79 Å². The van der Waals surface area contributed by atoms with Crippen LogP contribution in [-0.2, 0) is 0 Å². The van der Waals surface area contributed by atoms with Crippen molar-refractivity contribution in [1.29, 1.82) is 0 Å². The van der Waals surface area contributed by atoms with Crippen LogP contribution in [-0.4, -0.2) is 33.1 Å². The van der Waals surface area contributed by atoms with Crippen LogP contribution in [0.1, 0.15) is 42.5 Å². The molecule has 0 aliphatic heterocycles. The van der Waals surface area contributed by atoms with Crippen LogP contribution in [0.25, 0.3) is 11.1 Å². The molecule has 6 heteroatoms. The minimum atomic E-state index is -0.768. The first-order valence-corrected chi connectivity index (χ1v) is 8.24. The van der Waals surface area contributed by atoms with Crippen molar-refractivity contribution in [1.82, 2.24) is 15.3 Å². The average molecular weight is 326 g/mol. The third-order valence-electron chi connectivity index (χ3n) is 4.49. The molecule has 0 radical (unpaired) electrons. The minimum Gasteiger partial charge on any atom is -0.388 e. The zero-order valence-electron chi connectivity index (χ0n) is 13.5. The summed E-state index contributed by atoms with van der Waals surface area (Å²) < 4.78 is 0. The summed E-state index contributed by atoms with van der Waals surface area (Å²) in [5, 5.41) is 13.3. The van der Waals surface area contributed by atoms with E-state index in [2.05, 4.69) is 15.3 Å². The van der Waals surface area contributed by atoms with Crippen molar-refractivity contribution in [3.8, 4) is 11.1 Å². The van der Waals surface area contributed by atoms with Gasteiger partial charge in [-0.1, -0.05) is 31.4 Å². The first kappa shape index (κ1) is 16.4. The number of carbonyl (C=O) groups is 1. The lowest BCUT2D eigenvalue weighted by atomic mass is 9.85. The normalized spacial score (nSPS) is 16.5. The molecule has 0 unspecified atom stereocenters. The van der Waals surface area contributed by atoms with E-state index in [4.69, 9.17) is 5.73 Å². The van der Waals surface area contributed by atoms with E-state index in [1.807, 2.05) is 12.1 Å². The first-order valence-electron chi connectivity index (χ1n) is 8.24. The van der Waals surface area contributed by atoms with Crippen molar-refractivity contribution in [2.75, 3.05) is 12.3 Å². The SMILES string of the molecule is Nc1ncc(-c2cccc(C(=O)NCC3(O)CCCCC3)c2)cn1. The number of amides is 1. The summed E-state index contributed by atoms with van der Waals surface area (Å²) >= 11 is 0. The number of hydrogen-bond acceptors (Lipinski definition) is 5. The Labute approximate surface area is 141 Å². The molecule has 4 N–H and O–H groups in total. The van der Waals surface area contributed by atoms with E-state index in [9.17, 15) is 9.90 Å². The second kappa shape index (κ2) is 6.97. The van der Waals surface area contributed by atoms with Gasteiger partial charge in [0, 0.05) is 30.1 Å². The Bertz CT molecular complexity index is 709. The number of hydrogen-bond donors (Lipinski definition) is 3. The third-order valence-corrected chi connectivity index (χ3v) is 4.49. The summed E-state index contributed by atoms with van der Waals surface area (Å²) in [6.45, 7) is 0.293. The standard InChI is InChI=1S/C18H22N4O2/c19-17-20-10-15(11-21-17)13-5-4-6-14(9-13)16(23)22-12-18(24)7-2-1-3-8-18/h4-6,9-11,24H,1-3,7-8,12H2,(H,22,23)(H2,19,20,21). The van der Waals surface area contributed by atoms with Crippen LogP contribution in [0.2, 0.25) is 0 Å². The van der Waals surface area contributed by atoms with Gasteiger partial charge in [0.1, 0.15) is 0 Å². The van der Waals surface area contributed by atoms with Gasteiger partial charge in [-0.15, -0.1) is 0 Å². The Hall–Kier alpha value is -2.47. The second-order valence-corrected chi connectivity index (χ2v) is 6.38. The number of carbonyl (C=O) groups excluding carboxylic acids is 1. The molecule has 0 bridgehead atoms.